The van der Waals surface area contributed by atoms with Gasteiger partial charge in [-0.05, 0) is 29.1 Å². The molecule has 0 aromatic heterocycles. The zero-order valence-electron chi connectivity index (χ0n) is 13.5. The zero-order chi connectivity index (χ0) is 15.0. The molecule has 0 fully saturated rings. The Hall–Kier alpha value is -1.33. The van der Waals surface area contributed by atoms with Gasteiger partial charge in [-0.15, -0.1) is 0 Å². The van der Waals surface area contributed by atoms with Crippen molar-refractivity contribution in [2.45, 2.75) is 11.8 Å². The van der Waals surface area contributed by atoms with Crippen LogP contribution < -0.4 is 29.6 Å². The van der Waals surface area contributed by atoms with Crippen LogP contribution in [0.25, 0.3) is 21.5 Å². The van der Waals surface area contributed by atoms with E-state index in [2.05, 4.69) is 6.58 Å². The van der Waals surface area contributed by atoms with Gasteiger partial charge in [0.2, 0.25) is 0 Å². The molecule has 0 saturated heterocycles. The predicted molar refractivity (Wildman–Crippen MR) is 85.7 cm³/mol. The topological polar surface area (TPSA) is 43.4 Å². The van der Waals surface area contributed by atoms with Gasteiger partial charge in [0.25, 0.3) is 0 Å². The van der Waals surface area contributed by atoms with Gasteiger partial charge in [0.15, 0.2) is 0 Å². The third kappa shape index (κ3) is 3.06. The fourth-order valence-electron chi connectivity index (χ4n) is 2.46. The third-order valence-corrected chi connectivity index (χ3v) is 4.67. The van der Waals surface area contributed by atoms with Crippen LogP contribution >= 0.6 is 0 Å². The summed E-state index contributed by atoms with van der Waals surface area (Å²) in [7, 11) is -3.85. The summed E-state index contributed by atoms with van der Waals surface area (Å²) in [5.41, 5.74) is 0. The molecular formula is C17H15NaO3S. The van der Waals surface area contributed by atoms with Crippen LogP contribution in [0.4, 0.5) is 0 Å². The van der Waals surface area contributed by atoms with E-state index in [0.717, 1.165) is 16.2 Å². The van der Waals surface area contributed by atoms with Crippen molar-refractivity contribution in [1.29, 1.82) is 0 Å². The molecule has 0 N–H and O–H groups in total. The Morgan fingerprint density at radius 3 is 2.36 bits per heavy atom. The van der Waals surface area contributed by atoms with E-state index >= 15 is 0 Å². The number of hydrogen-bond acceptors (Lipinski definition) is 3. The van der Waals surface area contributed by atoms with Gasteiger partial charge in [-0.1, -0.05) is 55.1 Å². The Balaban J connectivity index is 0.00000132. The molecule has 0 unspecified atom stereocenters. The van der Waals surface area contributed by atoms with E-state index in [1.54, 1.807) is 12.1 Å². The summed E-state index contributed by atoms with van der Waals surface area (Å²) < 4.78 is 29.5. The molecule has 0 heterocycles. The maximum Gasteiger partial charge on any atom is 1.00 e. The van der Waals surface area contributed by atoms with Gasteiger partial charge in [-0.2, -0.15) is 8.42 Å². The van der Waals surface area contributed by atoms with Crippen molar-refractivity contribution in [1.82, 2.24) is 0 Å². The van der Waals surface area contributed by atoms with Crippen molar-refractivity contribution in [3.63, 3.8) is 0 Å². The van der Waals surface area contributed by atoms with Gasteiger partial charge < -0.3 is 5.61 Å². The molecule has 22 heavy (non-hydrogen) atoms. The Bertz CT molecular complexity index is 968. The molecule has 0 bridgehead atoms. The molecule has 3 aromatic rings. The molecule has 3 rings (SSSR count). The molecule has 108 valence electrons. The van der Waals surface area contributed by atoms with Crippen LogP contribution in [0, 0.1) is 0 Å². The van der Waals surface area contributed by atoms with Crippen molar-refractivity contribution in [3.05, 3.63) is 66.9 Å². The predicted octanol–water partition coefficient (Wildman–Crippen LogP) is 1.35. The van der Waals surface area contributed by atoms with Crippen LogP contribution in [0.15, 0.2) is 71.8 Å². The molecule has 0 aliphatic heterocycles. The molecule has 5 heteroatoms. The molecule has 0 atom stereocenters. The molecule has 3 aromatic carbocycles. The number of allylic oxidation sites excluding steroid dienone is 1. The summed E-state index contributed by atoms with van der Waals surface area (Å²) in [6.45, 7) is 5.01. The van der Waals surface area contributed by atoms with Gasteiger partial charge in [0.05, 0.1) is 0 Å². The Morgan fingerprint density at radius 1 is 0.955 bits per heavy atom. The fraction of sp³-hybridized carbons (Fsp3) is 0.0588. The summed E-state index contributed by atoms with van der Waals surface area (Å²) in [6.07, 6.45) is 0. The number of hydrogen-bond donors (Lipinski definition) is 0. The van der Waals surface area contributed by atoms with E-state index in [1.807, 2.05) is 42.5 Å². The first-order chi connectivity index (χ1) is 9.99. The van der Waals surface area contributed by atoms with Crippen LogP contribution in [0.1, 0.15) is 8.35 Å². The van der Waals surface area contributed by atoms with Gasteiger partial charge in [0.1, 0.15) is 10.7 Å². The molecule has 0 aliphatic rings. The smallest absolute Gasteiger partial charge is 1.00 e. The molecule has 0 radical (unpaired) electrons. The van der Waals surface area contributed by atoms with Crippen molar-refractivity contribution < 1.29 is 43.6 Å². The van der Waals surface area contributed by atoms with Crippen molar-refractivity contribution >= 4 is 31.7 Å². The van der Waals surface area contributed by atoms with Gasteiger partial charge in [0, 0.05) is 5.39 Å². The molecule has 0 spiro atoms. The molecule has 0 aliphatic carbocycles. The minimum atomic E-state index is -3.85. The normalized spacial score (nSPS) is 11.1. The average molecular weight is 322 g/mol. The van der Waals surface area contributed by atoms with Gasteiger partial charge >= 0.3 is 39.7 Å². The SMILES string of the molecule is C=C(C)OS(=O)(=O)c1cccc2c1ccc1ccccc12.[H-].[Na+]. The summed E-state index contributed by atoms with van der Waals surface area (Å²) in [4.78, 5) is 0.161. The van der Waals surface area contributed by atoms with Crippen LogP contribution in [0.5, 0.6) is 0 Å². The standard InChI is InChI=1S/C17H14O3S.Na.H/c1-12(2)20-21(18,19)17-9-5-8-15-14-7-4-3-6-13(14)10-11-16(15)17;;/h3-11H,1H2,2H3;;/q;+1;-1. The van der Waals surface area contributed by atoms with E-state index < -0.39 is 10.1 Å². The monoisotopic (exact) mass is 322 g/mol. The molecular weight excluding hydrogens is 307 g/mol. The van der Waals surface area contributed by atoms with E-state index in [0.29, 0.717) is 5.39 Å². The van der Waals surface area contributed by atoms with Crippen LogP contribution in [0.3, 0.4) is 0 Å². The summed E-state index contributed by atoms with van der Waals surface area (Å²) in [5, 5.41) is 3.62. The second-order valence-electron chi connectivity index (χ2n) is 4.88. The van der Waals surface area contributed by atoms with E-state index in [4.69, 9.17) is 4.18 Å². The van der Waals surface area contributed by atoms with E-state index in [-0.39, 0.29) is 41.6 Å². The molecule has 0 amide bonds. The fourth-order valence-corrected chi connectivity index (χ4v) is 3.62. The second kappa shape index (κ2) is 6.42. The van der Waals surface area contributed by atoms with Crippen molar-refractivity contribution in [2.75, 3.05) is 0 Å². The van der Waals surface area contributed by atoms with Crippen LogP contribution in [0.2, 0.25) is 0 Å². The Morgan fingerprint density at radius 2 is 1.64 bits per heavy atom. The summed E-state index contributed by atoms with van der Waals surface area (Å²) >= 11 is 0. The minimum absolute atomic E-state index is 0. The first-order valence-corrected chi connectivity index (χ1v) is 7.90. The number of benzene rings is 3. The largest absolute Gasteiger partial charge is 1.00 e. The second-order valence-corrected chi connectivity index (χ2v) is 6.39. The first kappa shape index (κ1) is 17.0. The van der Waals surface area contributed by atoms with Crippen LogP contribution in [-0.2, 0) is 14.3 Å². The van der Waals surface area contributed by atoms with Crippen molar-refractivity contribution in [3.8, 4) is 0 Å². The Labute approximate surface area is 153 Å². The first-order valence-electron chi connectivity index (χ1n) is 6.49. The summed E-state index contributed by atoms with van der Waals surface area (Å²) in [5.74, 6) is 0.146. The van der Waals surface area contributed by atoms with E-state index in [1.165, 1.54) is 6.92 Å². The number of rotatable bonds is 3. The molecule has 0 saturated carbocycles. The average Bonchev–Trinajstić information content (AvgIpc) is 2.45. The summed E-state index contributed by atoms with van der Waals surface area (Å²) in [6, 6.07) is 16.8. The van der Waals surface area contributed by atoms with Crippen molar-refractivity contribution in [2.24, 2.45) is 0 Å². The Kier molecular flexibility index (Phi) is 4.97. The maximum absolute atomic E-state index is 12.3. The maximum atomic E-state index is 12.3. The van der Waals surface area contributed by atoms with E-state index in [9.17, 15) is 8.42 Å². The minimum Gasteiger partial charge on any atom is -1.00 e. The zero-order valence-corrected chi connectivity index (χ0v) is 15.4. The van der Waals surface area contributed by atoms with Crippen LogP contribution in [-0.4, -0.2) is 8.42 Å². The van der Waals surface area contributed by atoms with Gasteiger partial charge in [-0.3, -0.25) is 0 Å². The van der Waals surface area contributed by atoms with Gasteiger partial charge in [-0.25, -0.2) is 0 Å². The quantitative estimate of drug-likeness (QED) is 0.316. The molecule has 3 nitrogen and oxygen atoms in total. The third-order valence-electron chi connectivity index (χ3n) is 3.27. The number of fused-ring (bicyclic) bond motifs is 3.